The van der Waals surface area contributed by atoms with Crippen molar-refractivity contribution in [1.82, 2.24) is 15.6 Å². The minimum Gasteiger partial charge on any atom is -0.356 e. The molecule has 0 bridgehead atoms. The minimum atomic E-state index is -0.846. The molecule has 1 saturated heterocycles. The number of thiazole rings is 1. The zero-order valence-electron chi connectivity index (χ0n) is 16.0. The summed E-state index contributed by atoms with van der Waals surface area (Å²) >= 11 is 1.70. The molecule has 1 aliphatic rings. The molecule has 154 valence electrons. The average Bonchev–Trinajstić information content (AvgIpc) is 3.34. The van der Waals surface area contributed by atoms with Crippen molar-refractivity contribution >= 4 is 46.4 Å². The van der Waals surface area contributed by atoms with Gasteiger partial charge in [0.1, 0.15) is 0 Å². The van der Waals surface area contributed by atoms with Gasteiger partial charge in [-0.05, 0) is 37.5 Å². The van der Waals surface area contributed by atoms with E-state index in [1.165, 1.54) is 18.9 Å². The number of hydrogen-bond donors (Lipinski definition) is 2. The van der Waals surface area contributed by atoms with Crippen LogP contribution in [0.15, 0.2) is 28.6 Å². The molecule has 1 unspecified atom stereocenters. The fraction of sp³-hybridized carbons (Fsp3) is 0.474. The molecular weight excluding hydrogens is 495 g/mol. The number of halogens is 3. The van der Waals surface area contributed by atoms with Gasteiger partial charge in [0, 0.05) is 38.5 Å². The molecule has 0 radical (unpaired) electrons. The van der Waals surface area contributed by atoms with Crippen LogP contribution >= 0.6 is 35.3 Å². The van der Waals surface area contributed by atoms with Crippen molar-refractivity contribution in [3.05, 3.63) is 46.5 Å². The lowest BCUT2D eigenvalue weighted by molar-refractivity contribution is 0.504. The summed E-state index contributed by atoms with van der Waals surface area (Å²) in [6.07, 6.45) is 3.29. The van der Waals surface area contributed by atoms with Crippen LogP contribution in [-0.4, -0.2) is 37.6 Å². The molecule has 1 atom stereocenters. The van der Waals surface area contributed by atoms with Crippen LogP contribution < -0.4 is 15.5 Å². The molecule has 0 aliphatic carbocycles. The van der Waals surface area contributed by atoms with Crippen molar-refractivity contribution in [2.45, 2.75) is 32.2 Å². The summed E-state index contributed by atoms with van der Waals surface area (Å²) in [5.74, 6) is -1.08. The maximum absolute atomic E-state index is 13.4. The molecule has 0 saturated carbocycles. The Morgan fingerprint density at radius 3 is 2.71 bits per heavy atom. The lowest BCUT2D eigenvalue weighted by atomic mass is 10.1. The van der Waals surface area contributed by atoms with E-state index < -0.39 is 11.6 Å². The van der Waals surface area contributed by atoms with Crippen molar-refractivity contribution in [2.24, 2.45) is 4.99 Å². The Morgan fingerprint density at radius 2 is 2.04 bits per heavy atom. The van der Waals surface area contributed by atoms with Crippen LogP contribution in [-0.2, 0) is 6.42 Å². The standard InChI is InChI=1S/C19H25F2N5S.HI/c1-13(14-5-6-16(20)17(21)11-14)24-18(22-2)23-8-7-15-12-27-19(25-15)26-9-3-4-10-26;/h5-6,11-13H,3-4,7-10H2,1-2H3,(H2,22,23,24);1H. The quantitative estimate of drug-likeness (QED) is 0.342. The highest BCUT2D eigenvalue weighted by molar-refractivity contribution is 14.0. The number of guanidine groups is 1. The smallest absolute Gasteiger partial charge is 0.191 e. The van der Waals surface area contributed by atoms with Crippen LogP contribution in [0.4, 0.5) is 13.9 Å². The van der Waals surface area contributed by atoms with Crippen LogP contribution in [0.25, 0.3) is 0 Å². The molecule has 5 nitrogen and oxygen atoms in total. The molecule has 0 amide bonds. The van der Waals surface area contributed by atoms with Crippen molar-refractivity contribution in [2.75, 3.05) is 31.6 Å². The Morgan fingerprint density at radius 1 is 1.29 bits per heavy atom. The highest BCUT2D eigenvalue weighted by Crippen LogP contribution is 2.24. The largest absolute Gasteiger partial charge is 0.356 e. The molecule has 9 heteroatoms. The SMILES string of the molecule is CN=C(NCCc1csc(N2CCCC2)n1)NC(C)c1ccc(F)c(F)c1.I. The third-order valence-corrected chi connectivity index (χ3v) is 5.56. The Bertz CT molecular complexity index is 792. The van der Waals surface area contributed by atoms with Crippen LogP contribution in [0.2, 0.25) is 0 Å². The van der Waals surface area contributed by atoms with Gasteiger partial charge >= 0.3 is 0 Å². The molecule has 1 aliphatic heterocycles. The first-order valence-electron chi connectivity index (χ1n) is 9.18. The normalized spacial score (nSPS) is 15.3. The molecular formula is C19H26F2IN5S. The molecule has 1 aromatic carbocycles. The molecule has 1 aromatic heterocycles. The highest BCUT2D eigenvalue weighted by Gasteiger charge is 2.15. The number of benzene rings is 1. The van der Waals surface area contributed by atoms with Crippen molar-refractivity contribution < 1.29 is 8.78 Å². The van der Waals surface area contributed by atoms with E-state index in [0.29, 0.717) is 18.1 Å². The summed E-state index contributed by atoms with van der Waals surface area (Å²) < 4.78 is 26.5. The summed E-state index contributed by atoms with van der Waals surface area (Å²) in [5, 5.41) is 9.65. The van der Waals surface area contributed by atoms with E-state index in [-0.39, 0.29) is 30.0 Å². The summed E-state index contributed by atoms with van der Waals surface area (Å²) in [7, 11) is 1.68. The van der Waals surface area contributed by atoms with Gasteiger partial charge in [-0.3, -0.25) is 4.99 Å². The predicted molar refractivity (Wildman–Crippen MR) is 122 cm³/mol. The summed E-state index contributed by atoms with van der Waals surface area (Å²) in [6, 6.07) is 3.71. The first-order valence-corrected chi connectivity index (χ1v) is 10.1. The number of nitrogens with one attached hydrogen (secondary N) is 2. The zero-order valence-corrected chi connectivity index (χ0v) is 19.2. The second kappa shape index (κ2) is 10.9. The number of rotatable bonds is 6. The second-order valence-corrected chi connectivity index (χ2v) is 7.44. The van der Waals surface area contributed by atoms with E-state index in [9.17, 15) is 8.78 Å². The Balaban J connectivity index is 0.00000280. The van der Waals surface area contributed by atoms with Crippen LogP contribution in [0, 0.1) is 11.6 Å². The summed E-state index contributed by atoms with van der Waals surface area (Å²) in [5.41, 5.74) is 1.73. The fourth-order valence-corrected chi connectivity index (χ4v) is 3.95. The van der Waals surface area contributed by atoms with Crippen LogP contribution in [0.3, 0.4) is 0 Å². The molecule has 2 aromatic rings. The maximum atomic E-state index is 13.4. The maximum Gasteiger partial charge on any atom is 0.191 e. The molecule has 3 rings (SSSR count). The van der Waals surface area contributed by atoms with E-state index in [1.54, 1.807) is 24.5 Å². The zero-order chi connectivity index (χ0) is 19.2. The molecule has 1 fully saturated rings. The third kappa shape index (κ3) is 6.00. The average molecular weight is 521 g/mol. The lowest BCUT2D eigenvalue weighted by Gasteiger charge is -2.18. The topological polar surface area (TPSA) is 52.6 Å². The van der Waals surface area contributed by atoms with E-state index >= 15 is 0 Å². The molecule has 0 spiro atoms. The van der Waals surface area contributed by atoms with Crippen molar-refractivity contribution in [1.29, 1.82) is 0 Å². The number of nitrogens with zero attached hydrogens (tertiary/aromatic N) is 3. The van der Waals surface area contributed by atoms with Gasteiger partial charge in [-0.1, -0.05) is 6.07 Å². The number of aliphatic imine (C=N–C) groups is 1. The van der Waals surface area contributed by atoms with Gasteiger partial charge in [-0.2, -0.15) is 0 Å². The van der Waals surface area contributed by atoms with Gasteiger partial charge in [-0.15, -0.1) is 35.3 Å². The molecule has 2 heterocycles. The monoisotopic (exact) mass is 521 g/mol. The minimum absolute atomic E-state index is 0. The van der Waals surface area contributed by atoms with Crippen LogP contribution in [0.5, 0.6) is 0 Å². The Labute approximate surface area is 185 Å². The van der Waals surface area contributed by atoms with Crippen molar-refractivity contribution in [3.63, 3.8) is 0 Å². The summed E-state index contributed by atoms with van der Waals surface area (Å²) in [6.45, 7) is 4.77. The van der Waals surface area contributed by atoms with E-state index in [0.717, 1.165) is 36.4 Å². The van der Waals surface area contributed by atoms with E-state index in [4.69, 9.17) is 4.98 Å². The van der Waals surface area contributed by atoms with Gasteiger partial charge in [0.2, 0.25) is 0 Å². The third-order valence-electron chi connectivity index (χ3n) is 4.61. The van der Waals surface area contributed by atoms with Crippen molar-refractivity contribution in [3.8, 4) is 0 Å². The first-order chi connectivity index (χ1) is 13.1. The van der Waals surface area contributed by atoms with Gasteiger partial charge < -0.3 is 15.5 Å². The molecule has 2 N–H and O–H groups in total. The number of aromatic nitrogens is 1. The van der Waals surface area contributed by atoms with E-state index in [2.05, 4.69) is 25.9 Å². The Hall–Kier alpha value is -1.49. The second-order valence-electron chi connectivity index (χ2n) is 6.60. The fourth-order valence-electron chi connectivity index (χ4n) is 3.04. The van der Waals surface area contributed by atoms with Gasteiger partial charge in [-0.25, -0.2) is 13.8 Å². The lowest BCUT2D eigenvalue weighted by Crippen LogP contribution is -2.39. The summed E-state index contributed by atoms with van der Waals surface area (Å²) in [4.78, 5) is 11.2. The predicted octanol–water partition coefficient (Wildman–Crippen LogP) is 4.11. The number of anilines is 1. The van der Waals surface area contributed by atoms with E-state index in [1.807, 2.05) is 6.92 Å². The van der Waals surface area contributed by atoms with Crippen LogP contribution in [0.1, 0.15) is 37.1 Å². The Kier molecular flexibility index (Phi) is 8.87. The van der Waals surface area contributed by atoms with Gasteiger partial charge in [0.05, 0.1) is 11.7 Å². The number of hydrogen-bond acceptors (Lipinski definition) is 4. The molecule has 28 heavy (non-hydrogen) atoms. The highest BCUT2D eigenvalue weighted by atomic mass is 127. The van der Waals surface area contributed by atoms with Gasteiger partial charge in [0.25, 0.3) is 0 Å². The van der Waals surface area contributed by atoms with Gasteiger partial charge in [0.15, 0.2) is 22.7 Å². The first kappa shape index (κ1) is 22.8.